The smallest absolute Gasteiger partial charge is 0.353 e. The predicted molar refractivity (Wildman–Crippen MR) is 109 cm³/mol. The minimum atomic E-state index is -0.559. The maximum atomic E-state index is 11.7. The molecule has 2 aromatic carbocycles. The lowest BCUT2D eigenvalue weighted by Crippen LogP contribution is -2.05. The number of benzene rings is 2. The van der Waals surface area contributed by atoms with E-state index in [1.165, 1.54) is 6.33 Å². The quantitative estimate of drug-likeness (QED) is 0.380. The van der Waals surface area contributed by atoms with Gasteiger partial charge in [0.1, 0.15) is 12.1 Å². The zero-order valence-electron chi connectivity index (χ0n) is 14.6. The first-order chi connectivity index (χ1) is 13.5. The molecule has 1 heterocycles. The number of nitro groups is 1. The molecule has 144 valence electrons. The molecular weight excluding hydrogens is 405 g/mol. The summed E-state index contributed by atoms with van der Waals surface area (Å²) in [5, 5.41) is 18.2. The molecule has 0 amide bonds. The highest BCUT2D eigenvalue weighted by Gasteiger charge is 2.23. The van der Waals surface area contributed by atoms with Crippen molar-refractivity contribution in [3.63, 3.8) is 0 Å². The minimum absolute atomic E-state index is 0.0202. The van der Waals surface area contributed by atoms with Crippen LogP contribution in [0.3, 0.4) is 0 Å². The topological polar surface area (TPSA) is 102 Å². The van der Waals surface area contributed by atoms with Crippen LogP contribution in [0.4, 0.5) is 28.7 Å². The lowest BCUT2D eigenvalue weighted by atomic mass is 10.3. The first-order valence-electron chi connectivity index (χ1n) is 8.19. The van der Waals surface area contributed by atoms with E-state index in [2.05, 4.69) is 20.6 Å². The van der Waals surface area contributed by atoms with Gasteiger partial charge in [0.15, 0.2) is 0 Å². The summed E-state index contributed by atoms with van der Waals surface area (Å²) >= 11 is 11.9. The van der Waals surface area contributed by atoms with Gasteiger partial charge in [-0.25, -0.2) is 9.97 Å². The first kappa shape index (κ1) is 19.7. The van der Waals surface area contributed by atoms with E-state index in [4.69, 9.17) is 27.9 Å². The highest BCUT2D eigenvalue weighted by Crippen LogP contribution is 2.34. The third-order valence-corrected chi connectivity index (χ3v) is 4.35. The highest BCUT2D eigenvalue weighted by atomic mass is 35.5. The molecule has 3 aromatic rings. The fourth-order valence-corrected chi connectivity index (χ4v) is 2.68. The van der Waals surface area contributed by atoms with Gasteiger partial charge in [-0.2, -0.15) is 0 Å². The zero-order valence-corrected chi connectivity index (χ0v) is 16.2. The molecule has 0 fully saturated rings. The van der Waals surface area contributed by atoms with Gasteiger partial charge < -0.3 is 15.4 Å². The number of anilines is 4. The van der Waals surface area contributed by atoms with Crippen LogP contribution in [0.25, 0.3) is 0 Å². The van der Waals surface area contributed by atoms with E-state index in [9.17, 15) is 10.1 Å². The monoisotopic (exact) mass is 419 g/mol. The molecule has 0 saturated heterocycles. The standard InChI is InChI=1S/C18H15Cl2N5O3/c1-2-28-13-6-3-11(4-7-13)23-17-16(25(26)27)18(22-10-21-17)24-12-5-8-14(19)15(20)9-12/h3-10H,2H2,1H3,(H2,21,22,23,24). The molecule has 0 radical (unpaired) electrons. The fourth-order valence-electron chi connectivity index (χ4n) is 2.38. The number of hydrogen-bond donors (Lipinski definition) is 2. The van der Waals surface area contributed by atoms with Crippen LogP contribution in [0.2, 0.25) is 10.0 Å². The molecule has 10 heteroatoms. The predicted octanol–water partition coefficient (Wildman–Crippen LogP) is 5.58. The molecule has 0 bridgehead atoms. The summed E-state index contributed by atoms with van der Waals surface area (Å²) in [5.74, 6) is 0.769. The molecule has 28 heavy (non-hydrogen) atoms. The van der Waals surface area contributed by atoms with Crippen molar-refractivity contribution in [1.29, 1.82) is 0 Å². The van der Waals surface area contributed by atoms with Crippen molar-refractivity contribution in [1.82, 2.24) is 9.97 Å². The van der Waals surface area contributed by atoms with Gasteiger partial charge in [0.2, 0.25) is 11.6 Å². The van der Waals surface area contributed by atoms with Crippen molar-refractivity contribution in [2.45, 2.75) is 6.92 Å². The van der Waals surface area contributed by atoms with Crippen LogP contribution < -0.4 is 15.4 Å². The third kappa shape index (κ3) is 4.59. The molecule has 3 rings (SSSR count). The summed E-state index contributed by atoms with van der Waals surface area (Å²) in [6, 6.07) is 11.8. The molecule has 0 saturated carbocycles. The van der Waals surface area contributed by atoms with Crippen LogP contribution in [0.5, 0.6) is 5.75 Å². The van der Waals surface area contributed by atoms with Crippen LogP contribution in [-0.4, -0.2) is 21.5 Å². The van der Waals surface area contributed by atoms with Gasteiger partial charge in [0.25, 0.3) is 0 Å². The second kappa shape index (κ2) is 8.73. The van der Waals surface area contributed by atoms with Crippen LogP contribution >= 0.6 is 23.2 Å². The molecule has 0 unspecified atom stereocenters. The Morgan fingerprint density at radius 1 is 1.00 bits per heavy atom. The SMILES string of the molecule is CCOc1ccc(Nc2ncnc(Nc3ccc(Cl)c(Cl)c3)c2[N+](=O)[O-])cc1. The second-order valence-corrected chi connectivity index (χ2v) is 6.33. The van der Waals surface area contributed by atoms with Crippen LogP contribution in [0.15, 0.2) is 48.8 Å². The molecule has 0 aliphatic rings. The molecule has 8 nitrogen and oxygen atoms in total. The Labute approximate surface area is 170 Å². The Kier molecular flexibility index (Phi) is 6.13. The van der Waals surface area contributed by atoms with Crippen molar-refractivity contribution in [2.24, 2.45) is 0 Å². The third-order valence-electron chi connectivity index (χ3n) is 3.62. The van der Waals surface area contributed by atoms with Crippen molar-refractivity contribution in [3.8, 4) is 5.75 Å². The normalized spacial score (nSPS) is 10.4. The van der Waals surface area contributed by atoms with E-state index in [-0.39, 0.29) is 17.3 Å². The minimum Gasteiger partial charge on any atom is -0.494 e. The van der Waals surface area contributed by atoms with Gasteiger partial charge in [0, 0.05) is 11.4 Å². The summed E-state index contributed by atoms with van der Waals surface area (Å²) in [4.78, 5) is 19.1. The molecule has 0 atom stereocenters. The molecule has 1 aromatic heterocycles. The fraction of sp³-hybridized carbons (Fsp3) is 0.111. The van der Waals surface area contributed by atoms with Crippen molar-refractivity contribution in [3.05, 3.63) is 69.0 Å². The van der Waals surface area contributed by atoms with E-state index < -0.39 is 4.92 Å². The molecule has 2 N–H and O–H groups in total. The van der Waals surface area contributed by atoms with E-state index in [0.717, 1.165) is 0 Å². The van der Waals surface area contributed by atoms with E-state index in [1.54, 1.807) is 42.5 Å². The van der Waals surface area contributed by atoms with Crippen molar-refractivity contribution < 1.29 is 9.66 Å². The van der Waals surface area contributed by atoms with Crippen molar-refractivity contribution in [2.75, 3.05) is 17.2 Å². The largest absolute Gasteiger partial charge is 0.494 e. The first-order valence-corrected chi connectivity index (χ1v) is 8.95. The average Bonchev–Trinajstić information content (AvgIpc) is 2.66. The maximum Gasteiger partial charge on any atom is 0.353 e. The summed E-state index contributed by atoms with van der Waals surface area (Å²) in [7, 11) is 0. The Hall–Kier alpha value is -3.10. The number of halogens is 2. The summed E-state index contributed by atoms with van der Waals surface area (Å²) in [5.41, 5.74) is 0.816. The van der Waals surface area contributed by atoms with Crippen LogP contribution in [0.1, 0.15) is 6.92 Å². The Morgan fingerprint density at radius 3 is 2.18 bits per heavy atom. The van der Waals surface area contributed by atoms with Gasteiger partial charge in [-0.15, -0.1) is 0 Å². The number of nitrogens with zero attached hydrogens (tertiary/aromatic N) is 3. The summed E-state index contributed by atoms with van der Waals surface area (Å²) < 4.78 is 5.38. The van der Waals surface area contributed by atoms with Crippen LogP contribution in [0, 0.1) is 10.1 Å². The lowest BCUT2D eigenvalue weighted by molar-refractivity contribution is -0.383. The van der Waals surface area contributed by atoms with Gasteiger partial charge in [-0.3, -0.25) is 10.1 Å². The number of aromatic nitrogens is 2. The maximum absolute atomic E-state index is 11.7. The number of rotatable bonds is 7. The molecular formula is C18H15Cl2N5O3. The van der Waals surface area contributed by atoms with E-state index in [0.29, 0.717) is 33.8 Å². The van der Waals surface area contributed by atoms with Gasteiger partial charge in [-0.05, 0) is 49.4 Å². The Balaban J connectivity index is 1.90. The number of hydrogen-bond acceptors (Lipinski definition) is 7. The molecule has 0 spiro atoms. The Bertz CT molecular complexity index is 999. The molecule has 0 aliphatic carbocycles. The average molecular weight is 420 g/mol. The molecule has 0 aliphatic heterocycles. The van der Waals surface area contributed by atoms with Gasteiger partial charge in [0.05, 0.1) is 21.6 Å². The van der Waals surface area contributed by atoms with Crippen LogP contribution in [-0.2, 0) is 0 Å². The summed E-state index contributed by atoms with van der Waals surface area (Å²) in [6.07, 6.45) is 1.23. The summed E-state index contributed by atoms with van der Waals surface area (Å²) in [6.45, 7) is 2.44. The zero-order chi connectivity index (χ0) is 20.1. The highest BCUT2D eigenvalue weighted by molar-refractivity contribution is 6.42. The Morgan fingerprint density at radius 2 is 1.61 bits per heavy atom. The number of nitrogens with one attached hydrogen (secondary N) is 2. The van der Waals surface area contributed by atoms with E-state index in [1.807, 2.05) is 6.92 Å². The van der Waals surface area contributed by atoms with Crippen molar-refractivity contribution >= 4 is 51.9 Å². The van der Waals surface area contributed by atoms with Gasteiger partial charge in [-0.1, -0.05) is 23.2 Å². The second-order valence-electron chi connectivity index (χ2n) is 5.51. The van der Waals surface area contributed by atoms with E-state index >= 15 is 0 Å². The van der Waals surface area contributed by atoms with Gasteiger partial charge >= 0.3 is 5.69 Å². The number of ether oxygens (including phenoxy) is 1. The lowest BCUT2D eigenvalue weighted by Gasteiger charge is -2.11.